The van der Waals surface area contributed by atoms with Crippen LogP contribution in [0.4, 0.5) is 0 Å². The lowest BCUT2D eigenvalue weighted by Gasteiger charge is -2.29. The summed E-state index contributed by atoms with van der Waals surface area (Å²) in [6, 6.07) is 11.9. The standard InChI is InChI=1S/C23H25BrCl2N2O3/c1-15(23(30)27-19-4-2-3-5-19)28(13-16-6-8-17(25)9-7-16)22(29)14-31-21-11-10-18(26)12-20(21)24/h6-12,15,19H,2-5,13-14H2,1H3,(H,27,30)/t15-/m0/s1. The summed E-state index contributed by atoms with van der Waals surface area (Å²) in [7, 11) is 0. The van der Waals surface area contributed by atoms with Gasteiger partial charge in [-0.2, -0.15) is 0 Å². The average molecular weight is 528 g/mol. The van der Waals surface area contributed by atoms with Crippen molar-refractivity contribution in [2.75, 3.05) is 6.61 Å². The number of rotatable bonds is 8. The van der Waals surface area contributed by atoms with E-state index in [-0.39, 0.29) is 31.0 Å². The van der Waals surface area contributed by atoms with Crippen LogP contribution in [0.5, 0.6) is 5.75 Å². The maximum Gasteiger partial charge on any atom is 0.261 e. The highest BCUT2D eigenvalue weighted by molar-refractivity contribution is 9.10. The zero-order chi connectivity index (χ0) is 22.4. The maximum atomic E-state index is 13.1. The molecule has 0 aliphatic heterocycles. The summed E-state index contributed by atoms with van der Waals surface area (Å²) in [4.78, 5) is 27.5. The first-order chi connectivity index (χ1) is 14.8. The monoisotopic (exact) mass is 526 g/mol. The second kappa shape index (κ2) is 11.2. The van der Waals surface area contributed by atoms with E-state index in [1.165, 1.54) is 4.90 Å². The summed E-state index contributed by atoms with van der Waals surface area (Å²) in [5, 5.41) is 4.26. The minimum absolute atomic E-state index is 0.151. The number of carbonyl (C=O) groups is 2. The summed E-state index contributed by atoms with van der Waals surface area (Å²) >= 11 is 15.3. The quantitative estimate of drug-likeness (QED) is 0.485. The predicted octanol–water partition coefficient (Wildman–Crippen LogP) is 5.61. The Morgan fingerprint density at radius 2 is 1.77 bits per heavy atom. The molecule has 5 nitrogen and oxygen atoms in total. The van der Waals surface area contributed by atoms with Crippen molar-refractivity contribution in [2.45, 2.75) is 51.2 Å². The van der Waals surface area contributed by atoms with Crippen molar-refractivity contribution < 1.29 is 14.3 Å². The van der Waals surface area contributed by atoms with Crippen LogP contribution in [0.3, 0.4) is 0 Å². The molecule has 1 atom stereocenters. The van der Waals surface area contributed by atoms with Crippen molar-refractivity contribution in [3.8, 4) is 5.75 Å². The molecule has 0 radical (unpaired) electrons. The number of hydrogen-bond donors (Lipinski definition) is 1. The third-order valence-electron chi connectivity index (χ3n) is 5.38. The molecule has 1 aliphatic rings. The highest BCUT2D eigenvalue weighted by Gasteiger charge is 2.28. The zero-order valence-corrected chi connectivity index (χ0v) is 20.3. The van der Waals surface area contributed by atoms with E-state index < -0.39 is 6.04 Å². The largest absolute Gasteiger partial charge is 0.483 e. The molecule has 166 valence electrons. The fourth-order valence-electron chi connectivity index (χ4n) is 3.58. The van der Waals surface area contributed by atoms with Crippen LogP contribution in [0, 0.1) is 0 Å². The highest BCUT2D eigenvalue weighted by Crippen LogP contribution is 2.28. The Morgan fingerprint density at radius 1 is 1.13 bits per heavy atom. The smallest absolute Gasteiger partial charge is 0.261 e. The highest BCUT2D eigenvalue weighted by atomic mass is 79.9. The van der Waals surface area contributed by atoms with Gasteiger partial charge in [0.25, 0.3) is 5.91 Å². The van der Waals surface area contributed by atoms with Gasteiger partial charge in [-0.15, -0.1) is 0 Å². The number of amides is 2. The van der Waals surface area contributed by atoms with Gasteiger partial charge >= 0.3 is 0 Å². The van der Waals surface area contributed by atoms with Crippen molar-refractivity contribution >= 4 is 50.9 Å². The number of nitrogens with zero attached hydrogens (tertiary/aromatic N) is 1. The number of halogens is 3. The summed E-state index contributed by atoms with van der Waals surface area (Å²) in [5.74, 6) is 0.0695. The summed E-state index contributed by atoms with van der Waals surface area (Å²) in [6.07, 6.45) is 4.21. The lowest BCUT2D eigenvalue weighted by molar-refractivity contribution is -0.142. The van der Waals surface area contributed by atoms with Crippen LogP contribution in [0.2, 0.25) is 10.0 Å². The van der Waals surface area contributed by atoms with E-state index >= 15 is 0 Å². The van der Waals surface area contributed by atoms with Crippen LogP contribution in [0.25, 0.3) is 0 Å². The van der Waals surface area contributed by atoms with Gasteiger partial charge in [-0.25, -0.2) is 0 Å². The predicted molar refractivity (Wildman–Crippen MR) is 127 cm³/mol. The molecule has 1 aliphatic carbocycles. The second-order valence-electron chi connectivity index (χ2n) is 7.68. The van der Waals surface area contributed by atoms with E-state index in [2.05, 4.69) is 21.2 Å². The van der Waals surface area contributed by atoms with Crippen LogP contribution < -0.4 is 10.1 Å². The Hall–Kier alpha value is -1.76. The third-order valence-corrected chi connectivity index (χ3v) is 6.49. The Bertz CT molecular complexity index is 918. The van der Waals surface area contributed by atoms with Crippen LogP contribution >= 0.6 is 39.1 Å². The molecule has 0 spiro atoms. The van der Waals surface area contributed by atoms with Crippen molar-refractivity contribution in [3.63, 3.8) is 0 Å². The minimum atomic E-state index is -0.638. The van der Waals surface area contributed by atoms with Gasteiger partial charge in [0, 0.05) is 22.6 Å². The average Bonchev–Trinajstić information content (AvgIpc) is 3.25. The minimum Gasteiger partial charge on any atom is -0.483 e. The molecule has 1 saturated carbocycles. The van der Waals surface area contributed by atoms with Gasteiger partial charge in [0.05, 0.1) is 4.47 Å². The van der Waals surface area contributed by atoms with Crippen molar-refractivity contribution in [1.29, 1.82) is 0 Å². The van der Waals surface area contributed by atoms with Crippen LogP contribution in [-0.4, -0.2) is 35.4 Å². The Labute approximate surface area is 201 Å². The molecule has 2 amide bonds. The zero-order valence-electron chi connectivity index (χ0n) is 17.2. The van der Waals surface area contributed by atoms with Crippen molar-refractivity contribution in [1.82, 2.24) is 10.2 Å². The molecule has 8 heteroatoms. The van der Waals surface area contributed by atoms with Crippen LogP contribution in [-0.2, 0) is 16.1 Å². The number of benzene rings is 2. The number of nitrogens with one attached hydrogen (secondary N) is 1. The molecule has 1 N–H and O–H groups in total. The Morgan fingerprint density at radius 3 is 2.42 bits per heavy atom. The van der Waals surface area contributed by atoms with E-state index in [0.29, 0.717) is 20.3 Å². The first-order valence-electron chi connectivity index (χ1n) is 10.3. The Kier molecular flexibility index (Phi) is 8.64. The summed E-state index contributed by atoms with van der Waals surface area (Å²) < 4.78 is 6.36. The van der Waals surface area contributed by atoms with Crippen molar-refractivity contribution in [3.05, 3.63) is 62.5 Å². The third kappa shape index (κ3) is 6.86. The normalized spacial score (nSPS) is 14.8. The molecule has 0 saturated heterocycles. The van der Waals surface area contributed by atoms with E-state index in [0.717, 1.165) is 31.2 Å². The molecule has 1 fully saturated rings. The molecule has 0 aromatic heterocycles. The van der Waals surface area contributed by atoms with Gasteiger partial charge in [-0.05, 0) is 71.6 Å². The fraction of sp³-hybridized carbons (Fsp3) is 0.391. The molecule has 3 rings (SSSR count). The number of ether oxygens (including phenoxy) is 1. The second-order valence-corrected chi connectivity index (χ2v) is 9.40. The number of carbonyl (C=O) groups excluding carboxylic acids is 2. The van der Waals surface area contributed by atoms with E-state index in [1.807, 2.05) is 12.1 Å². The Balaban J connectivity index is 1.72. The summed E-state index contributed by atoms with van der Waals surface area (Å²) in [6.45, 7) is 1.82. The van der Waals surface area contributed by atoms with Gasteiger partial charge in [0.1, 0.15) is 11.8 Å². The molecule has 0 heterocycles. The van der Waals surface area contributed by atoms with Gasteiger partial charge in [0.2, 0.25) is 5.91 Å². The molecule has 0 unspecified atom stereocenters. The van der Waals surface area contributed by atoms with Crippen LogP contribution in [0.15, 0.2) is 46.9 Å². The maximum absolute atomic E-state index is 13.1. The van der Waals surface area contributed by atoms with Gasteiger partial charge in [0.15, 0.2) is 6.61 Å². The molecule has 2 aromatic rings. The molecule has 0 bridgehead atoms. The lowest BCUT2D eigenvalue weighted by atomic mass is 10.1. The van der Waals surface area contributed by atoms with Crippen LogP contribution in [0.1, 0.15) is 38.2 Å². The van der Waals surface area contributed by atoms with Gasteiger partial charge in [-0.3, -0.25) is 9.59 Å². The molecule has 31 heavy (non-hydrogen) atoms. The van der Waals surface area contributed by atoms with Gasteiger partial charge < -0.3 is 15.0 Å². The first kappa shape index (κ1) is 23.9. The van der Waals surface area contributed by atoms with E-state index in [9.17, 15) is 9.59 Å². The molecular weight excluding hydrogens is 503 g/mol. The van der Waals surface area contributed by atoms with Crippen molar-refractivity contribution in [2.24, 2.45) is 0 Å². The SMILES string of the molecule is C[C@@H](C(=O)NC1CCCC1)N(Cc1ccc(Cl)cc1)C(=O)COc1ccc(Cl)cc1Br. The van der Waals surface area contributed by atoms with E-state index in [4.69, 9.17) is 27.9 Å². The van der Waals surface area contributed by atoms with Gasteiger partial charge in [-0.1, -0.05) is 48.2 Å². The summed E-state index contributed by atoms with van der Waals surface area (Å²) in [5.41, 5.74) is 0.880. The number of hydrogen-bond acceptors (Lipinski definition) is 3. The lowest BCUT2D eigenvalue weighted by Crippen LogP contribution is -2.50. The topological polar surface area (TPSA) is 58.6 Å². The fourth-order valence-corrected chi connectivity index (χ4v) is 4.50. The molecule has 2 aromatic carbocycles. The molecular formula is C23H25BrCl2N2O3. The van der Waals surface area contributed by atoms with E-state index in [1.54, 1.807) is 37.3 Å². The first-order valence-corrected chi connectivity index (χ1v) is 11.8.